The molecule has 2 aliphatic heterocycles. The quantitative estimate of drug-likeness (QED) is 0.904. The molecule has 0 aromatic heterocycles. The monoisotopic (exact) mass is 366 g/mol. The minimum atomic E-state index is -0.0721. The number of phenols is 1. The van der Waals surface area contributed by atoms with Crippen molar-refractivity contribution < 1.29 is 14.6 Å². The van der Waals surface area contributed by atoms with E-state index in [2.05, 4.69) is 23.1 Å². The number of carbonyl (C=O) groups excluding carboxylic acids is 1. The van der Waals surface area contributed by atoms with Gasteiger partial charge >= 0.3 is 0 Å². The molecular weight excluding hydrogens is 340 g/mol. The summed E-state index contributed by atoms with van der Waals surface area (Å²) in [6.45, 7) is 6.77. The molecule has 0 unspecified atom stereocenters. The number of rotatable bonds is 4. The zero-order valence-corrected chi connectivity index (χ0v) is 15.8. The highest BCUT2D eigenvalue weighted by molar-refractivity contribution is 5.97. The number of nitrogens with zero attached hydrogens (tertiary/aromatic N) is 2. The molecule has 0 radical (unpaired) electrons. The van der Waals surface area contributed by atoms with Crippen molar-refractivity contribution in [2.24, 2.45) is 0 Å². The van der Waals surface area contributed by atoms with Crippen LogP contribution < -0.4 is 4.74 Å². The van der Waals surface area contributed by atoms with Crippen LogP contribution in [-0.2, 0) is 19.4 Å². The molecule has 0 atom stereocenters. The van der Waals surface area contributed by atoms with Gasteiger partial charge in [0.15, 0.2) is 0 Å². The van der Waals surface area contributed by atoms with Gasteiger partial charge in [-0.1, -0.05) is 25.1 Å². The van der Waals surface area contributed by atoms with Crippen molar-refractivity contribution in [3.63, 3.8) is 0 Å². The van der Waals surface area contributed by atoms with E-state index in [9.17, 15) is 9.90 Å². The number of hydrogen-bond acceptors (Lipinski definition) is 4. The van der Waals surface area contributed by atoms with Gasteiger partial charge in [-0.15, -0.1) is 0 Å². The number of aryl methyl sites for hydroxylation is 1. The van der Waals surface area contributed by atoms with Crippen LogP contribution in [-0.4, -0.2) is 53.6 Å². The molecule has 142 valence electrons. The number of phenolic OH excluding ortho intramolecular Hbond substituents is 1. The number of amides is 1. The highest BCUT2D eigenvalue weighted by Crippen LogP contribution is 2.27. The highest BCUT2D eigenvalue weighted by atomic mass is 16.5. The van der Waals surface area contributed by atoms with E-state index in [0.29, 0.717) is 18.7 Å². The zero-order chi connectivity index (χ0) is 18.8. The van der Waals surface area contributed by atoms with Crippen LogP contribution in [0.15, 0.2) is 36.4 Å². The van der Waals surface area contributed by atoms with Crippen molar-refractivity contribution in [3.05, 3.63) is 58.7 Å². The Morgan fingerprint density at radius 1 is 1.07 bits per heavy atom. The zero-order valence-electron chi connectivity index (χ0n) is 15.8. The van der Waals surface area contributed by atoms with Gasteiger partial charge in [-0.3, -0.25) is 9.69 Å². The van der Waals surface area contributed by atoms with Crippen LogP contribution in [0.1, 0.15) is 34.0 Å². The fraction of sp³-hybridized carbons (Fsp3) is 0.409. The molecule has 0 spiro atoms. The van der Waals surface area contributed by atoms with Crippen LogP contribution in [0, 0.1) is 0 Å². The van der Waals surface area contributed by atoms with Gasteiger partial charge in [0, 0.05) is 39.1 Å². The lowest BCUT2D eigenvalue weighted by atomic mass is 10.1. The summed E-state index contributed by atoms with van der Waals surface area (Å²) < 4.78 is 5.57. The Labute approximate surface area is 160 Å². The first-order valence-electron chi connectivity index (χ1n) is 9.72. The molecule has 27 heavy (non-hydrogen) atoms. The molecule has 4 rings (SSSR count). The third-order valence-electron chi connectivity index (χ3n) is 5.52. The van der Waals surface area contributed by atoms with Crippen molar-refractivity contribution >= 4 is 5.91 Å². The molecule has 5 nitrogen and oxygen atoms in total. The summed E-state index contributed by atoms with van der Waals surface area (Å²) >= 11 is 0. The number of hydrogen-bond donors (Lipinski definition) is 1. The van der Waals surface area contributed by atoms with Crippen molar-refractivity contribution in [3.8, 4) is 11.5 Å². The highest BCUT2D eigenvalue weighted by Gasteiger charge is 2.24. The fourth-order valence-electron chi connectivity index (χ4n) is 3.85. The molecule has 0 saturated carbocycles. The summed E-state index contributed by atoms with van der Waals surface area (Å²) in [6, 6.07) is 11.8. The topological polar surface area (TPSA) is 53.0 Å². The molecule has 0 bridgehead atoms. The van der Waals surface area contributed by atoms with Crippen LogP contribution in [0.4, 0.5) is 0 Å². The van der Waals surface area contributed by atoms with E-state index < -0.39 is 0 Å². The van der Waals surface area contributed by atoms with E-state index in [-0.39, 0.29) is 11.7 Å². The van der Waals surface area contributed by atoms with Crippen LogP contribution in [0.25, 0.3) is 0 Å². The summed E-state index contributed by atoms with van der Waals surface area (Å²) in [6.07, 6.45) is 1.84. The average Bonchev–Trinajstić information content (AvgIpc) is 3.16. The molecule has 1 fully saturated rings. The lowest BCUT2D eigenvalue weighted by molar-refractivity contribution is 0.0625. The molecule has 5 heteroatoms. The van der Waals surface area contributed by atoms with Crippen LogP contribution in [0.2, 0.25) is 0 Å². The third kappa shape index (κ3) is 3.78. The maximum Gasteiger partial charge on any atom is 0.257 e. The van der Waals surface area contributed by atoms with Crippen LogP contribution >= 0.6 is 0 Å². The Kier molecular flexibility index (Phi) is 5.03. The minimum Gasteiger partial charge on any atom is -0.507 e. The second-order valence-corrected chi connectivity index (χ2v) is 7.31. The minimum absolute atomic E-state index is 0.0694. The summed E-state index contributed by atoms with van der Waals surface area (Å²) in [4.78, 5) is 17.0. The van der Waals surface area contributed by atoms with Gasteiger partial charge in [0.05, 0.1) is 12.2 Å². The molecule has 1 N–H and O–H groups in total. The molecule has 2 heterocycles. The molecule has 2 aromatic carbocycles. The maximum absolute atomic E-state index is 12.8. The van der Waals surface area contributed by atoms with Gasteiger partial charge in [0.25, 0.3) is 5.91 Å². The second-order valence-electron chi connectivity index (χ2n) is 7.31. The van der Waals surface area contributed by atoms with Gasteiger partial charge in [-0.05, 0) is 41.3 Å². The third-order valence-corrected chi connectivity index (χ3v) is 5.52. The number of aromatic hydroxyl groups is 1. The average molecular weight is 366 g/mol. The van der Waals surface area contributed by atoms with E-state index in [1.54, 1.807) is 6.07 Å². The Bertz CT molecular complexity index is 841. The second kappa shape index (κ2) is 7.61. The summed E-state index contributed by atoms with van der Waals surface area (Å²) in [5.74, 6) is 1.01. The van der Waals surface area contributed by atoms with Crippen LogP contribution in [0.3, 0.4) is 0 Å². The van der Waals surface area contributed by atoms with E-state index in [0.717, 1.165) is 50.4 Å². The smallest absolute Gasteiger partial charge is 0.257 e. The lowest BCUT2D eigenvalue weighted by Crippen LogP contribution is -2.48. The van der Waals surface area contributed by atoms with E-state index in [4.69, 9.17) is 4.74 Å². The van der Waals surface area contributed by atoms with Crippen molar-refractivity contribution in [1.82, 2.24) is 9.80 Å². The number of ether oxygens (including phenoxy) is 1. The number of carbonyl (C=O) groups is 1. The summed E-state index contributed by atoms with van der Waals surface area (Å²) in [7, 11) is 0. The maximum atomic E-state index is 12.8. The molecular formula is C22H26N2O3. The van der Waals surface area contributed by atoms with Crippen molar-refractivity contribution in [1.29, 1.82) is 0 Å². The molecule has 2 aromatic rings. The van der Waals surface area contributed by atoms with Gasteiger partial charge in [-0.25, -0.2) is 0 Å². The first-order chi connectivity index (χ1) is 13.1. The Morgan fingerprint density at radius 3 is 2.63 bits per heavy atom. The number of fused-ring (bicyclic) bond motifs is 1. The largest absolute Gasteiger partial charge is 0.507 e. The summed E-state index contributed by atoms with van der Waals surface area (Å²) in [5, 5.41) is 10.1. The predicted octanol–water partition coefficient (Wildman–Crippen LogP) is 2.85. The van der Waals surface area contributed by atoms with Crippen molar-refractivity contribution in [2.45, 2.75) is 26.3 Å². The van der Waals surface area contributed by atoms with E-state index >= 15 is 0 Å². The van der Waals surface area contributed by atoms with Gasteiger partial charge < -0.3 is 14.7 Å². The first-order valence-corrected chi connectivity index (χ1v) is 9.72. The van der Waals surface area contributed by atoms with E-state index in [1.165, 1.54) is 11.1 Å². The van der Waals surface area contributed by atoms with Crippen molar-refractivity contribution in [2.75, 3.05) is 32.8 Å². The van der Waals surface area contributed by atoms with Gasteiger partial charge in [0.2, 0.25) is 0 Å². The first kappa shape index (κ1) is 17.9. The number of benzene rings is 2. The molecule has 2 aliphatic rings. The van der Waals surface area contributed by atoms with E-state index in [1.807, 2.05) is 24.0 Å². The lowest BCUT2D eigenvalue weighted by Gasteiger charge is -2.35. The Balaban J connectivity index is 1.37. The molecule has 1 amide bonds. The Hall–Kier alpha value is -2.53. The fourth-order valence-corrected chi connectivity index (χ4v) is 3.85. The van der Waals surface area contributed by atoms with Gasteiger partial charge in [-0.2, -0.15) is 0 Å². The molecule has 1 saturated heterocycles. The predicted molar refractivity (Wildman–Crippen MR) is 104 cm³/mol. The molecule has 0 aliphatic carbocycles. The standard InChI is InChI=1S/C22H26N2O3/c1-2-16-3-5-20(25)19(14-16)22(26)24-10-8-23(9-11-24)15-17-4-6-21-18(13-17)7-12-27-21/h3-6,13-14,25H,2,7-12,15H2,1H3. The van der Waals surface area contributed by atoms with Gasteiger partial charge in [0.1, 0.15) is 11.5 Å². The summed E-state index contributed by atoms with van der Waals surface area (Å²) in [5.41, 5.74) is 4.08. The normalized spacial score (nSPS) is 16.9. The Morgan fingerprint density at radius 2 is 1.85 bits per heavy atom. The van der Waals surface area contributed by atoms with Crippen LogP contribution in [0.5, 0.6) is 11.5 Å². The number of piperazine rings is 1. The SMILES string of the molecule is CCc1ccc(O)c(C(=O)N2CCN(Cc3ccc4c(c3)CCO4)CC2)c1.